The Hall–Kier alpha value is -3.33. The van der Waals surface area contributed by atoms with Crippen LogP contribution in [0.5, 0.6) is 0 Å². The van der Waals surface area contributed by atoms with Crippen LogP contribution < -0.4 is 5.32 Å². The van der Waals surface area contributed by atoms with E-state index in [0.29, 0.717) is 22.6 Å². The van der Waals surface area contributed by atoms with E-state index in [1.165, 1.54) is 11.8 Å². The molecule has 0 atom stereocenters. The molecule has 3 aromatic heterocycles. The van der Waals surface area contributed by atoms with Crippen molar-refractivity contribution in [2.75, 3.05) is 11.1 Å². The zero-order chi connectivity index (χ0) is 19.5. The highest BCUT2D eigenvalue weighted by Crippen LogP contribution is 2.30. The fraction of sp³-hybridized carbons (Fsp3) is 0.158. The van der Waals surface area contributed by atoms with Crippen molar-refractivity contribution in [1.29, 1.82) is 0 Å². The molecule has 0 aliphatic rings. The summed E-state index contributed by atoms with van der Waals surface area (Å²) in [6.07, 6.45) is 1.62. The lowest BCUT2D eigenvalue weighted by Crippen LogP contribution is -2.14. The van der Waals surface area contributed by atoms with E-state index in [-0.39, 0.29) is 11.7 Å². The molecule has 142 valence electrons. The summed E-state index contributed by atoms with van der Waals surface area (Å²) >= 11 is 1.29. The molecule has 0 saturated carbocycles. The molecule has 0 aliphatic heterocycles. The second-order valence-electron chi connectivity index (χ2n) is 6.03. The predicted octanol–water partition coefficient (Wildman–Crippen LogP) is 3.86. The van der Waals surface area contributed by atoms with Crippen molar-refractivity contribution >= 4 is 23.5 Å². The van der Waals surface area contributed by atoms with E-state index >= 15 is 0 Å². The van der Waals surface area contributed by atoms with E-state index in [2.05, 4.69) is 20.7 Å². The van der Waals surface area contributed by atoms with Gasteiger partial charge in [0.25, 0.3) is 0 Å². The van der Waals surface area contributed by atoms with Crippen molar-refractivity contribution < 1.29 is 13.7 Å². The van der Waals surface area contributed by atoms with E-state index in [0.717, 1.165) is 17.0 Å². The second kappa shape index (κ2) is 7.73. The first kappa shape index (κ1) is 18.1. The van der Waals surface area contributed by atoms with Gasteiger partial charge in [0.2, 0.25) is 5.91 Å². The van der Waals surface area contributed by atoms with Crippen molar-refractivity contribution in [2.45, 2.75) is 19.0 Å². The van der Waals surface area contributed by atoms with Crippen molar-refractivity contribution in [3.8, 4) is 17.1 Å². The lowest BCUT2D eigenvalue weighted by Gasteiger charge is -2.09. The summed E-state index contributed by atoms with van der Waals surface area (Å²) < 4.78 is 12.3. The standard InChI is InChI=1S/C19H17N5O3S/c1-12-10-16(23-27-12)20-17(25)11-28-19-22-21-18(15-8-9-26-13(15)2)24(19)14-6-4-3-5-7-14/h3-10H,11H2,1-2H3,(H,20,23,25). The summed E-state index contributed by atoms with van der Waals surface area (Å²) in [5.41, 5.74) is 1.75. The summed E-state index contributed by atoms with van der Waals surface area (Å²) in [5.74, 6) is 2.38. The Bertz CT molecular complexity index is 1100. The van der Waals surface area contributed by atoms with Gasteiger partial charge in [0.15, 0.2) is 16.8 Å². The van der Waals surface area contributed by atoms with Gasteiger partial charge < -0.3 is 14.3 Å². The smallest absolute Gasteiger partial charge is 0.236 e. The Morgan fingerprint density at radius 3 is 2.68 bits per heavy atom. The first-order valence-corrected chi connectivity index (χ1v) is 9.51. The van der Waals surface area contributed by atoms with Crippen LogP contribution in [-0.4, -0.2) is 31.6 Å². The number of rotatable bonds is 6. The molecule has 8 nitrogen and oxygen atoms in total. The molecular weight excluding hydrogens is 378 g/mol. The van der Waals surface area contributed by atoms with Gasteiger partial charge in [-0.25, -0.2) is 0 Å². The number of para-hydroxylation sites is 1. The molecule has 3 heterocycles. The predicted molar refractivity (Wildman–Crippen MR) is 104 cm³/mol. The van der Waals surface area contributed by atoms with Crippen molar-refractivity contribution in [3.63, 3.8) is 0 Å². The zero-order valence-electron chi connectivity index (χ0n) is 15.2. The van der Waals surface area contributed by atoms with Crippen molar-refractivity contribution in [1.82, 2.24) is 19.9 Å². The van der Waals surface area contributed by atoms with Gasteiger partial charge >= 0.3 is 0 Å². The third kappa shape index (κ3) is 3.70. The minimum absolute atomic E-state index is 0.154. The average molecular weight is 395 g/mol. The molecule has 4 rings (SSSR count). The summed E-state index contributed by atoms with van der Waals surface area (Å²) in [4.78, 5) is 12.2. The lowest BCUT2D eigenvalue weighted by atomic mass is 10.2. The summed E-state index contributed by atoms with van der Waals surface area (Å²) in [5, 5.41) is 15.7. The van der Waals surface area contributed by atoms with Gasteiger partial charge in [-0.1, -0.05) is 35.1 Å². The lowest BCUT2D eigenvalue weighted by molar-refractivity contribution is -0.113. The van der Waals surface area contributed by atoms with Gasteiger partial charge in [0, 0.05) is 11.8 Å². The molecule has 0 aliphatic carbocycles. The molecule has 0 bridgehead atoms. The van der Waals surface area contributed by atoms with Crippen molar-refractivity contribution in [2.24, 2.45) is 0 Å². The van der Waals surface area contributed by atoms with E-state index in [9.17, 15) is 4.79 Å². The quantitative estimate of drug-likeness (QED) is 0.495. The fourth-order valence-electron chi connectivity index (χ4n) is 2.70. The fourth-order valence-corrected chi connectivity index (χ4v) is 3.45. The van der Waals surface area contributed by atoms with E-state index in [1.807, 2.05) is 47.9 Å². The number of carbonyl (C=O) groups excluding carboxylic acids is 1. The minimum atomic E-state index is -0.207. The Kier molecular flexibility index (Phi) is 4.98. The Balaban J connectivity index is 1.59. The highest BCUT2D eigenvalue weighted by molar-refractivity contribution is 7.99. The highest BCUT2D eigenvalue weighted by Gasteiger charge is 2.19. The van der Waals surface area contributed by atoms with Crippen LogP contribution in [0.3, 0.4) is 0 Å². The number of nitrogens with zero attached hydrogens (tertiary/aromatic N) is 4. The number of hydrogen-bond donors (Lipinski definition) is 1. The molecule has 28 heavy (non-hydrogen) atoms. The molecule has 1 amide bonds. The topological polar surface area (TPSA) is 99.0 Å². The van der Waals surface area contributed by atoms with E-state index < -0.39 is 0 Å². The van der Waals surface area contributed by atoms with Crippen molar-refractivity contribution in [3.05, 3.63) is 60.2 Å². The molecule has 0 saturated heterocycles. The second-order valence-corrected chi connectivity index (χ2v) is 6.97. The largest absolute Gasteiger partial charge is 0.469 e. The highest BCUT2D eigenvalue weighted by atomic mass is 32.2. The molecular formula is C19H17N5O3S. The first-order chi connectivity index (χ1) is 13.6. The van der Waals surface area contributed by atoms with E-state index in [4.69, 9.17) is 8.94 Å². The molecule has 1 N–H and O–H groups in total. The monoisotopic (exact) mass is 395 g/mol. The third-order valence-electron chi connectivity index (χ3n) is 3.98. The Morgan fingerprint density at radius 2 is 2.00 bits per heavy atom. The SMILES string of the molecule is Cc1cc(NC(=O)CSc2nnc(-c3ccoc3C)n2-c2ccccc2)no1. The van der Waals surface area contributed by atoms with Gasteiger partial charge in [0.05, 0.1) is 17.6 Å². The molecule has 9 heteroatoms. The summed E-state index contributed by atoms with van der Waals surface area (Å²) in [6.45, 7) is 3.64. The van der Waals surface area contributed by atoms with Crippen LogP contribution in [0.25, 0.3) is 17.1 Å². The molecule has 1 aromatic carbocycles. The molecule has 0 radical (unpaired) electrons. The molecule has 0 fully saturated rings. The third-order valence-corrected chi connectivity index (χ3v) is 4.90. The Labute approximate surface area is 164 Å². The number of carbonyl (C=O) groups is 1. The normalized spacial score (nSPS) is 10.9. The van der Waals surface area contributed by atoms with Crippen LogP contribution in [0.15, 0.2) is 62.8 Å². The van der Waals surface area contributed by atoms with Gasteiger partial charge in [-0.05, 0) is 32.0 Å². The van der Waals surface area contributed by atoms with Gasteiger partial charge in [-0.3, -0.25) is 9.36 Å². The number of thioether (sulfide) groups is 1. The van der Waals surface area contributed by atoms with Crippen LogP contribution in [0.4, 0.5) is 5.82 Å². The van der Waals surface area contributed by atoms with Gasteiger partial charge in [-0.2, -0.15) is 0 Å². The number of furan rings is 1. The maximum Gasteiger partial charge on any atom is 0.236 e. The summed E-state index contributed by atoms with van der Waals surface area (Å²) in [6, 6.07) is 13.3. The number of nitrogens with one attached hydrogen (secondary N) is 1. The zero-order valence-corrected chi connectivity index (χ0v) is 16.1. The minimum Gasteiger partial charge on any atom is -0.469 e. The van der Waals surface area contributed by atoms with Crippen LogP contribution in [0, 0.1) is 13.8 Å². The molecule has 0 unspecified atom stereocenters. The Morgan fingerprint density at radius 1 is 1.18 bits per heavy atom. The van der Waals surface area contributed by atoms with Crippen LogP contribution in [0.2, 0.25) is 0 Å². The maximum atomic E-state index is 12.2. The van der Waals surface area contributed by atoms with Crippen LogP contribution in [-0.2, 0) is 4.79 Å². The number of aryl methyl sites for hydroxylation is 2. The number of aromatic nitrogens is 4. The molecule has 4 aromatic rings. The maximum absolute atomic E-state index is 12.2. The first-order valence-electron chi connectivity index (χ1n) is 8.53. The van der Waals surface area contributed by atoms with Gasteiger partial charge in [0.1, 0.15) is 11.5 Å². The van der Waals surface area contributed by atoms with Crippen LogP contribution >= 0.6 is 11.8 Å². The van der Waals surface area contributed by atoms with E-state index in [1.54, 1.807) is 19.3 Å². The average Bonchev–Trinajstić information content (AvgIpc) is 3.40. The number of benzene rings is 1. The summed E-state index contributed by atoms with van der Waals surface area (Å²) in [7, 11) is 0. The molecule has 0 spiro atoms. The van der Waals surface area contributed by atoms with Crippen LogP contribution in [0.1, 0.15) is 11.5 Å². The number of hydrogen-bond acceptors (Lipinski definition) is 7. The van der Waals surface area contributed by atoms with Gasteiger partial charge in [-0.15, -0.1) is 10.2 Å². The number of amides is 1. The number of anilines is 1.